The molecule has 1 fully saturated rings. The van der Waals surface area contributed by atoms with E-state index < -0.39 is 18.0 Å². The summed E-state index contributed by atoms with van der Waals surface area (Å²) in [5.41, 5.74) is 2.43. The average molecular weight is 504 g/mol. The molecule has 1 aromatic carbocycles. The molecule has 1 amide bonds. The van der Waals surface area contributed by atoms with E-state index in [0.717, 1.165) is 52.4 Å². The largest absolute Gasteiger partial charge is 0.489 e. The maximum Gasteiger partial charge on any atom is 0.451 e. The molecule has 1 aliphatic heterocycles. The molecule has 0 spiro atoms. The molecule has 7 nitrogen and oxygen atoms in total. The summed E-state index contributed by atoms with van der Waals surface area (Å²) in [4.78, 5) is 27.9. The van der Waals surface area contributed by atoms with Crippen LogP contribution in [0.5, 0.6) is 5.75 Å². The normalized spacial score (nSPS) is 16.4. The van der Waals surface area contributed by atoms with Crippen molar-refractivity contribution in [3.05, 3.63) is 52.6 Å². The number of carbonyl (C=O) groups excluding carboxylic acids is 1. The van der Waals surface area contributed by atoms with Gasteiger partial charge in [-0.3, -0.25) is 4.79 Å². The summed E-state index contributed by atoms with van der Waals surface area (Å²) >= 11 is 1.53. The third-order valence-corrected chi connectivity index (χ3v) is 7.03. The Balaban J connectivity index is 1.45. The first-order valence-electron chi connectivity index (χ1n) is 11.4. The lowest BCUT2D eigenvalue weighted by Crippen LogP contribution is -2.35. The topological polar surface area (TPSA) is 80.2 Å². The van der Waals surface area contributed by atoms with Crippen LogP contribution in [0, 0.1) is 12.8 Å². The van der Waals surface area contributed by atoms with Crippen LogP contribution in [0.25, 0.3) is 10.6 Å². The van der Waals surface area contributed by atoms with Crippen LogP contribution >= 0.6 is 11.3 Å². The van der Waals surface area contributed by atoms with Crippen molar-refractivity contribution in [2.75, 3.05) is 24.6 Å². The molecule has 1 saturated carbocycles. The highest BCUT2D eigenvalue weighted by Gasteiger charge is 2.34. The van der Waals surface area contributed by atoms with Gasteiger partial charge in [-0.25, -0.2) is 15.0 Å². The van der Waals surface area contributed by atoms with E-state index in [1.165, 1.54) is 24.2 Å². The highest BCUT2D eigenvalue weighted by molar-refractivity contribution is 7.15. The zero-order valence-electron chi connectivity index (χ0n) is 19.2. The maximum atomic E-state index is 13.3. The van der Waals surface area contributed by atoms with Crippen LogP contribution in [0.2, 0.25) is 0 Å². The number of ether oxygens (including phenoxy) is 1. The average Bonchev–Trinajstić information content (AvgIpc) is 3.54. The van der Waals surface area contributed by atoms with E-state index in [1.807, 2.05) is 13.0 Å². The van der Waals surface area contributed by atoms with E-state index in [4.69, 9.17) is 4.74 Å². The third kappa shape index (κ3) is 5.09. The summed E-state index contributed by atoms with van der Waals surface area (Å²) < 4.78 is 44.4. The van der Waals surface area contributed by atoms with Gasteiger partial charge in [0.05, 0.1) is 23.8 Å². The van der Waals surface area contributed by atoms with E-state index in [-0.39, 0.29) is 5.91 Å². The lowest BCUT2D eigenvalue weighted by Gasteiger charge is -2.33. The van der Waals surface area contributed by atoms with E-state index in [0.29, 0.717) is 23.7 Å². The van der Waals surface area contributed by atoms with Crippen LogP contribution < -0.4 is 15.0 Å². The van der Waals surface area contributed by atoms with Gasteiger partial charge in [0.1, 0.15) is 11.6 Å². The molecule has 184 valence electrons. The van der Waals surface area contributed by atoms with Crippen LogP contribution in [0.3, 0.4) is 0 Å². The number of halogens is 3. The van der Waals surface area contributed by atoms with E-state index >= 15 is 0 Å². The highest BCUT2D eigenvalue weighted by Crippen LogP contribution is 2.44. The van der Waals surface area contributed by atoms with Gasteiger partial charge >= 0.3 is 6.18 Å². The minimum absolute atomic E-state index is 0.355. The van der Waals surface area contributed by atoms with Gasteiger partial charge in [0, 0.05) is 41.1 Å². The van der Waals surface area contributed by atoms with Crippen molar-refractivity contribution in [3.8, 4) is 16.3 Å². The van der Waals surface area contributed by atoms with Gasteiger partial charge in [-0.05, 0) is 44.7 Å². The number of hydrogen-bond acceptors (Lipinski definition) is 7. The van der Waals surface area contributed by atoms with Crippen LogP contribution in [0.4, 0.5) is 18.9 Å². The molecule has 0 bridgehead atoms. The number of nitrogens with one attached hydrogen (secondary N) is 1. The van der Waals surface area contributed by atoms with Crippen LogP contribution in [0.1, 0.15) is 52.4 Å². The zero-order chi connectivity index (χ0) is 24.7. The number of aromatic nitrogens is 3. The standard InChI is InChI=1S/C24H24F3N5O2S/c1-13-9-28-22(35-13)18-7-16(8-19-20(18)34-6-5-32(19)12-15-3-4-15)21(33)31-14(2)17-10-29-23(30-11-17)24(25,26)27/h7-11,14-15H,3-6,12H2,1-2H3,(H,31,33). The second-order valence-corrected chi connectivity index (χ2v) is 10.2. The van der Waals surface area contributed by atoms with Crippen LogP contribution in [-0.4, -0.2) is 40.6 Å². The Kier molecular flexibility index (Phi) is 6.12. The lowest BCUT2D eigenvalue weighted by molar-refractivity contribution is -0.145. The number of amides is 1. The molecule has 3 aromatic rings. The first kappa shape index (κ1) is 23.5. The molecule has 11 heteroatoms. The first-order valence-corrected chi connectivity index (χ1v) is 12.2. The predicted molar refractivity (Wildman–Crippen MR) is 126 cm³/mol. The van der Waals surface area contributed by atoms with Crippen LogP contribution in [-0.2, 0) is 6.18 Å². The van der Waals surface area contributed by atoms with E-state index in [1.54, 1.807) is 19.2 Å². The number of aryl methyl sites for hydroxylation is 1. The van der Waals surface area contributed by atoms with Gasteiger partial charge in [-0.1, -0.05) is 0 Å². The quantitative estimate of drug-likeness (QED) is 0.509. The Morgan fingerprint density at radius 3 is 2.60 bits per heavy atom. The second kappa shape index (κ2) is 9.10. The monoisotopic (exact) mass is 503 g/mol. The fraction of sp³-hybridized carbons (Fsp3) is 0.417. The van der Waals surface area contributed by atoms with Gasteiger partial charge in [0.2, 0.25) is 5.82 Å². The number of rotatable bonds is 6. The Morgan fingerprint density at radius 1 is 1.23 bits per heavy atom. The van der Waals surface area contributed by atoms with Crippen molar-refractivity contribution in [1.29, 1.82) is 0 Å². The molecule has 0 saturated heterocycles. The maximum absolute atomic E-state index is 13.3. The van der Waals surface area contributed by atoms with Crippen molar-refractivity contribution in [3.63, 3.8) is 0 Å². The molecule has 0 radical (unpaired) electrons. The molecule has 1 unspecified atom stereocenters. The van der Waals surface area contributed by atoms with Crippen molar-refractivity contribution in [1.82, 2.24) is 20.3 Å². The number of fused-ring (bicyclic) bond motifs is 1. The number of benzene rings is 1. The summed E-state index contributed by atoms with van der Waals surface area (Å²) in [6, 6.07) is 3.00. The fourth-order valence-corrected chi connectivity index (χ4v) is 4.80. The highest BCUT2D eigenvalue weighted by atomic mass is 32.1. The lowest BCUT2D eigenvalue weighted by atomic mass is 10.0. The summed E-state index contributed by atoms with van der Waals surface area (Å²) in [6.45, 7) is 5.86. The molecular weight excluding hydrogens is 479 g/mol. The number of alkyl halides is 3. The Morgan fingerprint density at radius 2 is 1.97 bits per heavy atom. The smallest absolute Gasteiger partial charge is 0.451 e. The molecule has 1 atom stereocenters. The number of hydrogen-bond donors (Lipinski definition) is 1. The summed E-state index contributed by atoms with van der Waals surface area (Å²) in [5, 5.41) is 3.62. The van der Waals surface area contributed by atoms with Gasteiger partial charge in [0.25, 0.3) is 5.91 Å². The molecule has 1 aliphatic carbocycles. The number of nitrogens with zero attached hydrogens (tertiary/aromatic N) is 4. The summed E-state index contributed by atoms with van der Waals surface area (Å²) in [7, 11) is 0. The third-order valence-electron chi connectivity index (χ3n) is 6.08. The molecule has 2 aromatic heterocycles. The summed E-state index contributed by atoms with van der Waals surface area (Å²) in [5.74, 6) is -0.184. The molecule has 35 heavy (non-hydrogen) atoms. The Labute approximate surface area is 204 Å². The van der Waals surface area contributed by atoms with Gasteiger partial charge in [-0.15, -0.1) is 11.3 Å². The minimum Gasteiger partial charge on any atom is -0.489 e. The van der Waals surface area contributed by atoms with Gasteiger partial charge in [0.15, 0.2) is 5.75 Å². The van der Waals surface area contributed by atoms with Gasteiger partial charge < -0.3 is 15.0 Å². The number of thiazole rings is 1. The Bertz CT molecular complexity index is 1240. The zero-order valence-corrected chi connectivity index (χ0v) is 20.0. The van der Waals surface area contributed by atoms with Gasteiger partial charge in [-0.2, -0.15) is 13.2 Å². The van der Waals surface area contributed by atoms with E-state index in [2.05, 4.69) is 25.2 Å². The predicted octanol–water partition coefficient (Wildman–Crippen LogP) is 5.03. The summed E-state index contributed by atoms with van der Waals surface area (Å²) in [6.07, 6.45) is 1.76. The second-order valence-electron chi connectivity index (χ2n) is 8.92. The van der Waals surface area contributed by atoms with Crippen molar-refractivity contribution in [2.24, 2.45) is 5.92 Å². The van der Waals surface area contributed by atoms with Crippen molar-refractivity contribution in [2.45, 2.75) is 38.9 Å². The first-order chi connectivity index (χ1) is 16.7. The molecular formula is C24H24F3N5O2S. The SMILES string of the molecule is Cc1cnc(-c2cc(C(=O)NC(C)c3cnc(C(F)(F)F)nc3)cc3c2OCCN3CC2CC2)s1. The number of anilines is 1. The molecule has 1 N–H and O–H groups in total. The molecule has 5 rings (SSSR count). The minimum atomic E-state index is -4.62. The van der Waals surface area contributed by atoms with Crippen LogP contribution in [0.15, 0.2) is 30.7 Å². The number of carbonyl (C=O) groups is 1. The molecule has 2 aliphatic rings. The van der Waals surface area contributed by atoms with E-state index in [9.17, 15) is 18.0 Å². The Hall–Kier alpha value is -3.21. The fourth-order valence-electron chi connectivity index (χ4n) is 4.02. The van der Waals surface area contributed by atoms with Crippen molar-refractivity contribution >= 4 is 22.9 Å². The van der Waals surface area contributed by atoms with Crippen molar-refractivity contribution < 1.29 is 22.7 Å². The molecule has 3 heterocycles.